The van der Waals surface area contributed by atoms with Crippen molar-refractivity contribution in [2.45, 2.75) is 277 Å². The number of nitrogens with zero attached hydrogens (tertiary/aromatic N) is 1. The maximum atomic E-state index is 12.8. The Morgan fingerprint density at radius 2 is 0.692 bits per heavy atom. The van der Waals surface area contributed by atoms with E-state index in [1.165, 1.54) is 135 Å². The minimum atomic E-state index is -4.64. The van der Waals surface area contributed by atoms with Gasteiger partial charge in [0, 0.05) is 12.8 Å². The summed E-state index contributed by atoms with van der Waals surface area (Å²) in [4.78, 5) is 37.9. The first kappa shape index (κ1) is 74.9. The van der Waals surface area contributed by atoms with Crippen molar-refractivity contribution in [3.63, 3.8) is 0 Å². The van der Waals surface area contributed by atoms with Crippen molar-refractivity contribution in [1.82, 2.24) is 0 Å². The van der Waals surface area contributed by atoms with Crippen LogP contribution < -0.4 is 4.89 Å². The molecule has 0 aliphatic rings. The third-order valence-electron chi connectivity index (χ3n) is 13.6. The summed E-state index contributed by atoms with van der Waals surface area (Å²) in [6.45, 7) is 4.02. The fourth-order valence-corrected chi connectivity index (χ4v) is 9.49. The summed E-state index contributed by atoms with van der Waals surface area (Å²) in [5.74, 6) is -0.840. The van der Waals surface area contributed by atoms with Crippen molar-refractivity contribution in [2.75, 3.05) is 47.5 Å². The van der Waals surface area contributed by atoms with Gasteiger partial charge >= 0.3 is 11.9 Å². The lowest BCUT2D eigenvalue weighted by Gasteiger charge is -2.28. The van der Waals surface area contributed by atoms with Crippen LogP contribution in [0.2, 0.25) is 0 Å². The highest BCUT2D eigenvalue weighted by atomic mass is 31.2. The van der Waals surface area contributed by atoms with E-state index < -0.39 is 32.5 Å². The fraction of sp³-hybridized carbons (Fsp3) is 0.735. The smallest absolute Gasteiger partial charge is 0.306 e. The monoisotopic (exact) mass is 1110 g/mol. The van der Waals surface area contributed by atoms with Crippen molar-refractivity contribution in [3.05, 3.63) is 97.2 Å². The first-order valence-electron chi connectivity index (χ1n) is 31.9. The Bertz CT molecular complexity index is 1640. The standard InChI is InChI=1S/C68H120NO8P/c1-6-8-10-12-14-16-18-20-22-24-25-26-27-28-29-30-31-32-33-34-35-36-37-38-39-40-41-42-43-45-47-49-51-53-55-57-59-61-68(71)77-66(65-76-78(72,73)75-63-62-69(3,4)5)64-74-67(70)60-58-56-54-52-50-48-46-44-23-21-19-17-15-13-11-9-7-2/h8-11,14-17,20-23,25-26,28-29,66H,6-7,12-13,18-19,24,27,30-65H2,1-5H3/b10-8-,11-9-,16-14-,17-15-,22-20-,23-21-,26-25-,29-28-. The summed E-state index contributed by atoms with van der Waals surface area (Å²) in [7, 11) is 1.16. The molecule has 0 amide bonds. The molecule has 0 rings (SSSR count). The Kier molecular flexibility index (Phi) is 56.3. The summed E-state index contributed by atoms with van der Waals surface area (Å²) in [5, 5.41) is 0. The fourth-order valence-electron chi connectivity index (χ4n) is 8.76. The summed E-state index contributed by atoms with van der Waals surface area (Å²) in [6, 6.07) is 0. The number of carbonyl (C=O) groups excluding carboxylic acids is 2. The number of phosphoric acid groups is 1. The predicted molar refractivity (Wildman–Crippen MR) is 332 cm³/mol. The van der Waals surface area contributed by atoms with E-state index in [2.05, 4.69) is 111 Å². The number of hydrogen-bond acceptors (Lipinski definition) is 8. The highest BCUT2D eigenvalue weighted by molar-refractivity contribution is 7.45. The average molecular weight is 1110 g/mol. The second-order valence-corrected chi connectivity index (χ2v) is 23.8. The van der Waals surface area contributed by atoms with Gasteiger partial charge in [0.15, 0.2) is 6.10 Å². The number of likely N-dealkylation sites (N-methyl/N-ethyl adjacent to an activating group) is 1. The molecule has 0 bridgehead atoms. The van der Waals surface area contributed by atoms with E-state index >= 15 is 0 Å². The van der Waals surface area contributed by atoms with Crippen LogP contribution in [0.5, 0.6) is 0 Å². The van der Waals surface area contributed by atoms with Crippen molar-refractivity contribution in [3.8, 4) is 0 Å². The van der Waals surface area contributed by atoms with Crippen molar-refractivity contribution in [1.29, 1.82) is 0 Å². The maximum Gasteiger partial charge on any atom is 0.306 e. The Morgan fingerprint density at radius 1 is 0.397 bits per heavy atom. The van der Waals surface area contributed by atoms with Gasteiger partial charge in [-0.05, 0) is 89.9 Å². The van der Waals surface area contributed by atoms with Gasteiger partial charge in [0.1, 0.15) is 19.8 Å². The molecule has 0 N–H and O–H groups in total. The van der Waals surface area contributed by atoms with Gasteiger partial charge in [-0.25, -0.2) is 0 Å². The molecule has 0 fully saturated rings. The third-order valence-corrected chi connectivity index (χ3v) is 14.6. The Morgan fingerprint density at radius 3 is 1.03 bits per heavy atom. The Labute approximate surface area is 481 Å². The first-order valence-corrected chi connectivity index (χ1v) is 33.4. The van der Waals surface area contributed by atoms with Crippen LogP contribution in [0.3, 0.4) is 0 Å². The molecule has 10 heteroatoms. The highest BCUT2D eigenvalue weighted by Crippen LogP contribution is 2.38. The molecule has 0 aromatic heterocycles. The average Bonchev–Trinajstić information content (AvgIpc) is 3.41. The van der Waals surface area contributed by atoms with Gasteiger partial charge in [0.25, 0.3) is 7.82 Å². The second-order valence-electron chi connectivity index (χ2n) is 22.4. The summed E-state index contributed by atoms with van der Waals surface area (Å²) < 4.78 is 34.2. The van der Waals surface area contributed by atoms with E-state index in [1.807, 2.05) is 21.1 Å². The van der Waals surface area contributed by atoms with Crippen LogP contribution in [-0.2, 0) is 32.7 Å². The van der Waals surface area contributed by atoms with Gasteiger partial charge in [0.2, 0.25) is 0 Å². The van der Waals surface area contributed by atoms with Crippen molar-refractivity contribution >= 4 is 19.8 Å². The van der Waals surface area contributed by atoms with Crippen LogP contribution in [0, 0.1) is 0 Å². The van der Waals surface area contributed by atoms with Gasteiger partial charge in [-0.3, -0.25) is 14.2 Å². The van der Waals surface area contributed by atoms with Crippen LogP contribution in [0.25, 0.3) is 0 Å². The van der Waals surface area contributed by atoms with Crippen molar-refractivity contribution in [2.24, 2.45) is 0 Å². The number of phosphoric ester groups is 1. The number of quaternary nitrogens is 1. The molecule has 2 unspecified atom stereocenters. The predicted octanol–water partition coefficient (Wildman–Crippen LogP) is 19.7. The molecule has 450 valence electrons. The molecule has 78 heavy (non-hydrogen) atoms. The SMILES string of the molecule is CC/C=C\C/C=C\C/C=C\C/C=C\C/C=C\CCCCCCCCCCCCCCCCCCCCCCCC(=O)OC(COC(=O)CCCCCCCCC/C=C\C/C=C\C/C=C\CC)COP(=O)([O-])OCC[N+](C)(C)C. The molecule has 0 heterocycles. The highest BCUT2D eigenvalue weighted by Gasteiger charge is 2.22. The molecule has 0 saturated carbocycles. The molecular weight excluding hydrogens is 990 g/mol. The van der Waals surface area contributed by atoms with Gasteiger partial charge < -0.3 is 27.9 Å². The quantitative estimate of drug-likeness (QED) is 0.0195. The van der Waals surface area contributed by atoms with Crippen LogP contribution >= 0.6 is 7.82 Å². The molecule has 0 aliphatic carbocycles. The molecule has 0 radical (unpaired) electrons. The number of carbonyl (C=O) groups is 2. The van der Waals surface area contributed by atoms with Gasteiger partial charge in [-0.15, -0.1) is 0 Å². The maximum absolute atomic E-state index is 12.8. The number of unbranched alkanes of at least 4 members (excludes halogenated alkanes) is 28. The van der Waals surface area contributed by atoms with Gasteiger partial charge in [-0.2, -0.15) is 0 Å². The summed E-state index contributed by atoms with van der Waals surface area (Å²) in [5.41, 5.74) is 0. The lowest BCUT2D eigenvalue weighted by Crippen LogP contribution is -2.37. The molecule has 0 saturated heterocycles. The van der Waals surface area contributed by atoms with Crippen LogP contribution in [0.1, 0.15) is 271 Å². The van der Waals surface area contributed by atoms with E-state index in [9.17, 15) is 19.0 Å². The van der Waals surface area contributed by atoms with Crippen LogP contribution in [0.4, 0.5) is 0 Å². The van der Waals surface area contributed by atoms with Crippen LogP contribution in [0.15, 0.2) is 97.2 Å². The number of esters is 2. The number of hydrogen-bond donors (Lipinski definition) is 0. The van der Waals surface area contributed by atoms with E-state index in [4.69, 9.17) is 18.5 Å². The molecule has 2 atom stereocenters. The third kappa shape index (κ3) is 62.1. The van der Waals surface area contributed by atoms with Crippen molar-refractivity contribution < 1.29 is 42.1 Å². The lowest BCUT2D eigenvalue weighted by molar-refractivity contribution is -0.870. The first-order chi connectivity index (χ1) is 38.0. The number of allylic oxidation sites excluding steroid dienone is 16. The van der Waals surface area contributed by atoms with Gasteiger partial charge in [-0.1, -0.05) is 265 Å². The molecule has 9 nitrogen and oxygen atoms in total. The number of rotatable bonds is 58. The minimum Gasteiger partial charge on any atom is -0.756 e. The molecule has 0 aromatic rings. The zero-order valence-corrected chi connectivity index (χ0v) is 52.0. The normalized spacial score (nSPS) is 13.9. The molecule has 0 aliphatic heterocycles. The van der Waals surface area contributed by atoms with E-state index in [1.54, 1.807) is 0 Å². The lowest BCUT2D eigenvalue weighted by atomic mass is 10.0. The zero-order valence-electron chi connectivity index (χ0n) is 51.1. The van der Waals surface area contributed by atoms with Crippen LogP contribution in [-0.4, -0.2) is 70.0 Å². The Balaban J connectivity index is 3.99. The zero-order chi connectivity index (χ0) is 57.0. The van der Waals surface area contributed by atoms with Gasteiger partial charge in [0.05, 0.1) is 27.7 Å². The second kappa shape index (κ2) is 58.6. The largest absolute Gasteiger partial charge is 0.756 e. The van der Waals surface area contributed by atoms with E-state index in [0.717, 1.165) is 103 Å². The topological polar surface area (TPSA) is 111 Å². The minimum absolute atomic E-state index is 0.0346. The molecule has 0 spiro atoms. The molecule has 0 aromatic carbocycles. The Hall–Kier alpha value is -3.07. The molecular formula is C68H120NO8P. The van der Waals surface area contributed by atoms with E-state index in [0.29, 0.717) is 17.4 Å². The number of ether oxygens (including phenoxy) is 2. The summed E-state index contributed by atoms with van der Waals surface area (Å²) >= 11 is 0. The van der Waals surface area contributed by atoms with E-state index in [-0.39, 0.29) is 26.1 Å². The summed E-state index contributed by atoms with van der Waals surface area (Å²) in [6.07, 6.45) is 80.5.